The van der Waals surface area contributed by atoms with Crippen molar-refractivity contribution in [3.63, 3.8) is 0 Å². The van der Waals surface area contributed by atoms with Crippen molar-refractivity contribution < 1.29 is 9.69 Å². The zero-order valence-electron chi connectivity index (χ0n) is 11.2. The fourth-order valence-electron chi connectivity index (χ4n) is 2.23. The molecule has 1 heterocycles. The van der Waals surface area contributed by atoms with Crippen LogP contribution < -0.4 is 4.90 Å². The van der Waals surface area contributed by atoms with Gasteiger partial charge in [0.2, 0.25) is 5.91 Å². The molecular formula is C15H21N2OS+. The van der Waals surface area contributed by atoms with Crippen LogP contribution in [0.25, 0.3) is 0 Å². The summed E-state index contributed by atoms with van der Waals surface area (Å²) in [5, 5.41) is 0. The third-order valence-electron chi connectivity index (χ3n) is 3.36. The lowest BCUT2D eigenvalue weighted by Gasteiger charge is -2.31. The summed E-state index contributed by atoms with van der Waals surface area (Å²) in [6.07, 6.45) is 1.96. The van der Waals surface area contributed by atoms with E-state index in [-0.39, 0.29) is 5.91 Å². The molecule has 4 heteroatoms. The monoisotopic (exact) mass is 277 g/mol. The minimum absolute atomic E-state index is 0.256. The first-order chi connectivity index (χ1) is 9.29. The number of quaternary nitrogens is 1. The fraction of sp³-hybridized carbons (Fsp3) is 0.400. The van der Waals surface area contributed by atoms with Crippen molar-refractivity contribution in [1.29, 1.82) is 0 Å². The van der Waals surface area contributed by atoms with Crippen LogP contribution in [0.1, 0.15) is 0 Å². The van der Waals surface area contributed by atoms with E-state index in [0.717, 1.165) is 37.6 Å². The number of carbonyl (C=O) groups is 1. The largest absolute Gasteiger partial charge is 0.331 e. The lowest BCUT2D eigenvalue weighted by atomic mass is 10.3. The smallest absolute Gasteiger partial charge is 0.233 e. The topological polar surface area (TPSA) is 24.8 Å². The molecular weight excluding hydrogens is 256 g/mol. The molecule has 1 aliphatic heterocycles. The second kappa shape index (κ2) is 7.36. The Morgan fingerprint density at radius 1 is 1.32 bits per heavy atom. The van der Waals surface area contributed by atoms with E-state index in [2.05, 4.69) is 6.58 Å². The van der Waals surface area contributed by atoms with Gasteiger partial charge >= 0.3 is 0 Å². The summed E-state index contributed by atoms with van der Waals surface area (Å²) in [7, 11) is 0. The molecule has 0 radical (unpaired) electrons. The van der Waals surface area contributed by atoms with Crippen molar-refractivity contribution in [3.05, 3.63) is 43.0 Å². The van der Waals surface area contributed by atoms with Gasteiger partial charge in [-0.1, -0.05) is 24.8 Å². The Balaban J connectivity index is 1.74. The summed E-state index contributed by atoms with van der Waals surface area (Å²) in [5.74, 6) is 0.798. The van der Waals surface area contributed by atoms with Gasteiger partial charge in [-0.2, -0.15) is 0 Å². The Labute approximate surface area is 119 Å². The number of amides is 1. The third kappa shape index (κ3) is 4.40. The summed E-state index contributed by atoms with van der Waals surface area (Å²) in [5.41, 5.74) is 0. The number of benzene rings is 1. The van der Waals surface area contributed by atoms with E-state index < -0.39 is 0 Å². The number of hydrogen-bond donors (Lipinski definition) is 1. The molecule has 1 aliphatic rings. The molecule has 1 aromatic rings. The quantitative estimate of drug-likeness (QED) is 0.633. The van der Waals surface area contributed by atoms with Gasteiger partial charge in [0, 0.05) is 4.90 Å². The van der Waals surface area contributed by atoms with Crippen molar-refractivity contribution >= 4 is 17.7 Å². The van der Waals surface area contributed by atoms with Crippen LogP contribution in [0.15, 0.2) is 47.9 Å². The molecule has 1 aromatic carbocycles. The Morgan fingerprint density at radius 3 is 2.63 bits per heavy atom. The number of piperazine rings is 1. The fourth-order valence-corrected chi connectivity index (χ4v) is 3.06. The maximum atomic E-state index is 12.1. The lowest BCUT2D eigenvalue weighted by Crippen LogP contribution is -3.14. The number of thioether (sulfide) groups is 1. The molecule has 1 saturated heterocycles. The average molecular weight is 277 g/mol. The van der Waals surface area contributed by atoms with Crippen molar-refractivity contribution in [2.24, 2.45) is 0 Å². The van der Waals surface area contributed by atoms with Gasteiger partial charge in [0.1, 0.15) is 0 Å². The Bertz CT molecular complexity index is 413. The van der Waals surface area contributed by atoms with E-state index in [1.165, 1.54) is 4.90 Å². The Hall–Kier alpha value is -1.26. The zero-order chi connectivity index (χ0) is 13.5. The van der Waals surface area contributed by atoms with Crippen molar-refractivity contribution in [3.8, 4) is 0 Å². The van der Waals surface area contributed by atoms with E-state index in [4.69, 9.17) is 0 Å². The summed E-state index contributed by atoms with van der Waals surface area (Å²) in [6.45, 7) is 8.58. The lowest BCUT2D eigenvalue weighted by molar-refractivity contribution is -0.898. The van der Waals surface area contributed by atoms with Crippen LogP contribution in [0.4, 0.5) is 0 Å². The highest BCUT2D eigenvalue weighted by Crippen LogP contribution is 2.17. The number of nitrogens with zero attached hydrogens (tertiary/aromatic N) is 1. The van der Waals surface area contributed by atoms with Crippen LogP contribution in [-0.2, 0) is 4.79 Å². The van der Waals surface area contributed by atoms with Crippen LogP contribution in [0, 0.1) is 0 Å². The second-order valence-electron chi connectivity index (χ2n) is 4.73. The normalized spacial score (nSPS) is 16.3. The van der Waals surface area contributed by atoms with Gasteiger partial charge in [0.15, 0.2) is 0 Å². The second-order valence-corrected chi connectivity index (χ2v) is 5.77. The molecule has 1 fully saturated rings. The van der Waals surface area contributed by atoms with Crippen molar-refractivity contribution in [2.45, 2.75) is 4.90 Å². The van der Waals surface area contributed by atoms with Gasteiger partial charge in [-0.05, 0) is 18.2 Å². The summed E-state index contributed by atoms with van der Waals surface area (Å²) in [6, 6.07) is 10.1. The molecule has 3 nitrogen and oxygen atoms in total. The highest BCUT2D eigenvalue weighted by molar-refractivity contribution is 8.00. The van der Waals surface area contributed by atoms with Crippen LogP contribution in [0.5, 0.6) is 0 Å². The molecule has 0 saturated carbocycles. The van der Waals surface area contributed by atoms with E-state index >= 15 is 0 Å². The van der Waals surface area contributed by atoms with Gasteiger partial charge in [0.05, 0.1) is 38.5 Å². The van der Waals surface area contributed by atoms with Crippen LogP contribution in [-0.4, -0.2) is 49.3 Å². The van der Waals surface area contributed by atoms with E-state index in [1.807, 2.05) is 41.3 Å². The Morgan fingerprint density at radius 2 is 2.00 bits per heavy atom. The molecule has 102 valence electrons. The first kappa shape index (κ1) is 14.2. The SMILES string of the molecule is C=CC[NH+]1CCN(C(=O)CSc2ccccc2)CC1. The third-order valence-corrected chi connectivity index (χ3v) is 4.36. The van der Waals surface area contributed by atoms with Crippen molar-refractivity contribution in [2.75, 3.05) is 38.5 Å². The molecule has 0 spiro atoms. The molecule has 0 atom stereocenters. The number of nitrogens with one attached hydrogen (secondary N) is 1. The molecule has 0 aromatic heterocycles. The maximum absolute atomic E-state index is 12.1. The van der Waals surface area contributed by atoms with E-state index in [9.17, 15) is 4.79 Å². The van der Waals surface area contributed by atoms with Gasteiger partial charge in [-0.25, -0.2) is 0 Å². The van der Waals surface area contributed by atoms with Crippen LogP contribution >= 0.6 is 11.8 Å². The molecule has 0 bridgehead atoms. The summed E-state index contributed by atoms with van der Waals surface area (Å²) < 4.78 is 0. The predicted molar refractivity (Wildman–Crippen MR) is 79.5 cm³/mol. The first-order valence-corrected chi connectivity index (χ1v) is 7.68. The average Bonchev–Trinajstić information content (AvgIpc) is 2.47. The molecule has 2 rings (SSSR count). The van der Waals surface area contributed by atoms with Gasteiger partial charge in [0.25, 0.3) is 0 Å². The Kier molecular flexibility index (Phi) is 5.48. The minimum atomic E-state index is 0.256. The van der Waals surface area contributed by atoms with E-state index in [0.29, 0.717) is 5.75 Å². The zero-order valence-corrected chi connectivity index (χ0v) is 12.0. The first-order valence-electron chi connectivity index (χ1n) is 6.69. The van der Waals surface area contributed by atoms with Crippen molar-refractivity contribution in [1.82, 2.24) is 4.90 Å². The maximum Gasteiger partial charge on any atom is 0.233 e. The number of hydrogen-bond acceptors (Lipinski definition) is 2. The summed E-state index contributed by atoms with van der Waals surface area (Å²) in [4.78, 5) is 16.8. The van der Waals surface area contributed by atoms with E-state index in [1.54, 1.807) is 11.8 Å². The predicted octanol–water partition coefficient (Wildman–Crippen LogP) is 0.692. The highest BCUT2D eigenvalue weighted by atomic mass is 32.2. The standard InChI is InChI=1S/C15H20N2OS/c1-2-8-16-9-11-17(12-10-16)15(18)13-19-14-6-4-3-5-7-14/h2-7H,1,8-13H2/p+1. The highest BCUT2D eigenvalue weighted by Gasteiger charge is 2.22. The molecule has 1 N–H and O–H groups in total. The summed E-state index contributed by atoms with van der Waals surface area (Å²) >= 11 is 1.62. The number of rotatable bonds is 5. The number of carbonyl (C=O) groups excluding carboxylic acids is 1. The van der Waals surface area contributed by atoms with Crippen LogP contribution in [0.2, 0.25) is 0 Å². The molecule has 0 unspecified atom stereocenters. The van der Waals surface area contributed by atoms with Gasteiger partial charge in [-0.15, -0.1) is 11.8 Å². The van der Waals surface area contributed by atoms with Gasteiger partial charge in [-0.3, -0.25) is 4.79 Å². The molecule has 1 amide bonds. The molecule has 0 aliphatic carbocycles. The molecule has 19 heavy (non-hydrogen) atoms. The minimum Gasteiger partial charge on any atom is -0.331 e. The van der Waals surface area contributed by atoms with Crippen LogP contribution in [0.3, 0.4) is 0 Å². The van der Waals surface area contributed by atoms with Gasteiger partial charge < -0.3 is 9.80 Å².